The van der Waals surface area contributed by atoms with E-state index in [-0.39, 0.29) is 17.8 Å². The van der Waals surface area contributed by atoms with Gasteiger partial charge in [-0.25, -0.2) is 0 Å². The molecule has 1 aliphatic heterocycles. The molecule has 2 rings (SSSR count). The molecule has 1 heterocycles. The summed E-state index contributed by atoms with van der Waals surface area (Å²) < 4.78 is 10.7. The Labute approximate surface area is 114 Å². The molecule has 4 nitrogen and oxygen atoms in total. The number of esters is 1. The Morgan fingerprint density at radius 3 is 2.89 bits per heavy atom. The highest BCUT2D eigenvalue weighted by molar-refractivity contribution is 5.74. The molecule has 0 radical (unpaired) electrons. The van der Waals surface area contributed by atoms with E-state index in [1.165, 1.54) is 0 Å². The van der Waals surface area contributed by atoms with E-state index in [4.69, 9.17) is 9.47 Å². The lowest BCUT2D eigenvalue weighted by molar-refractivity contribution is -0.147. The van der Waals surface area contributed by atoms with Crippen LogP contribution < -0.4 is 10.1 Å². The van der Waals surface area contributed by atoms with E-state index >= 15 is 0 Å². The maximum atomic E-state index is 11.9. The normalized spacial score (nSPS) is 22.2. The van der Waals surface area contributed by atoms with Crippen molar-refractivity contribution >= 4 is 5.97 Å². The number of carbonyl (C=O) groups is 1. The maximum absolute atomic E-state index is 11.9. The molecule has 0 bridgehead atoms. The summed E-state index contributed by atoms with van der Waals surface area (Å²) in [6.45, 7) is 6.37. The average molecular weight is 263 g/mol. The molecule has 1 N–H and O–H groups in total. The average Bonchev–Trinajstić information content (AvgIpc) is 2.89. The summed E-state index contributed by atoms with van der Waals surface area (Å²) in [7, 11) is 0. The van der Waals surface area contributed by atoms with Crippen LogP contribution in [0.2, 0.25) is 0 Å². The van der Waals surface area contributed by atoms with Crippen LogP contribution in [0, 0.1) is 5.92 Å². The lowest BCUT2D eigenvalue weighted by Gasteiger charge is -2.18. The molecule has 1 saturated heterocycles. The van der Waals surface area contributed by atoms with Gasteiger partial charge in [0, 0.05) is 19.0 Å². The number of ether oxygens (including phenoxy) is 2. The molecule has 0 aliphatic carbocycles. The highest BCUT2D eigenvalue weighted by Gasteiger charge is 2.35. The Bertz CT molecular complexity index is 433. The smallest absolute Gasteiger partial charge is 0.310 e. The van der Waals surface area contributed by atoms with Crippen molar-refractivity contribution in [1.82, 2.24) is 5.32 Å². The van der Waals surface area contributed by atoms with E-state index in [1.807, 2.05) is 38.1 Å². The van der Waals surface area contributed by atoms with Gasteiger partial charge in [0.05, 0.1) is 19.1 Å². The van der Waals surface area contributed by atoms with Crippen LogP contribution >= 0.6 is 0 Å². The molecule has 1 fully saturated rings. The fourth-order valence-electron chi connectivity index (χ4n) is 2.53. The van der Waals surface area contributed by atoms with E-state index in [9.17, 15) is 4.79 Å². The zero-order chi connectivity index (χ0) is 13.7. The van der Waals surface area contributed by atoms with Crippen molar-refractivity contribution in [2.45, 2.75) is 19.8 Å². The van der Waals surface area contributed by atoms with Crippen molar-refractivity contribution in [2.24, 2.45) is 5.92 Å². The minimum atomic E-state index is -0.112. The van der Waals surface area contributed by atoms with Gasteiger partial charge in [-0.15, -0.1) is 0 Å². The molecule has 1 aliphatic rings. The number of carbonyl (C=O) groups excluding carboxylic acids is 1. The second-order valence-electron chi connectivity index (χ2n) is 4.63. The van der Waals surface area contributed by atoms with Gasteiger partial charge >= 0.3 is 5.97 Å². The van der Waals surface area contributed by atoms with Crippen molar-refractivity contribution in [2.75, 3.05) is 26.3 Å². The zero-order valence-electron chi connectivity index (χ0n) is 11.5. The predicted octanol–water partition coefficient (Wildman–Crippen LogP) is 1.95. The standard InChI is InChI=1S/C15H21NO3/c1-3-18-12-7-5-6-11(8-12)13-9-16-10-14(13)15(17)19-4-2/h5-8,13-14,16H,3-4,9-10H2,1-2H3/t13-,14+/m0/s1. The van der Waals surface area contributed by atoms with E-state index in [2.05, 4.69) is 5.32 Å². The minimum absolute atomic E-state index is 0.100. The molecule has 0 amide bonds. The SMILES string of the molecule is CCOC(=O)[C@@H]1CNC[C@H]1c1cccc(OCC)c1. The number of hydrogen-bond acceptors (Lipinski definition) is 4. The molecule has 104 valence electrons. The highest BCUT2D eigenvalue weighted by atomic mass is 16.5. The van der Waals surface area contributed by atoms with Crippen molar-refractivity contribution in [3.05, 3.63) is 29.8 Å². The summed E-state index contributed by atoms with van der Waals surface area (Å²) in [6.07, 6.45) is 0. The molecule has 2 atom stereocenters. The topological polar surface area (TPSA) is 47.6 Å². The third-order valence-corrected chi connectivity index (χ3v) is 3.40. The van der Waals surface area contributed by atoms with Gasteiger partial charge in [-0.05, 0) is 31.5 Å². The summed E-state index contributed by atoms with van der Waals surface area (Å²) in [5.41, 5.74) is 1.13. The summed E-state index contributed by atoms with van der Waals surface area (Å²) in [6, 6.07) is 7.98. The van der Waals surface area contributed by atoms with Gasteiger partial charge in [0.25, 0.3) is 0 Å². The lowest BCUT2D eigenvalue weighted by Crippen LogP contribution is -2.24. The van der Waals surface area contributed by atoms with Gasteiger partial charge in [0.2, 0.25) is 0 Å². The van der Waals surface area contributed by atoms with Crippen LogP contribution in [-0.2, 0) is 9.53 Å². The molecule has 19 heavy (non-hydrogen) atoms. The molecular formula is C15H21NO3. The number of hydrogen-bond donors (Lipinski definition) is 1. The Balaban J connectivity index is 2.15. The van der Waals surface area contributed by atoms with E-state index in [1.54, 1.807) is 0 Å². The van der Waals surface area contributed by atoms with Gasteiger partial charge in [-0.2, -0.15) is 0 Å². The summed E-state index contributed by atoms with van der Waals surface area (Å²) >= 11 is 0. The van der Waals surface area contributed by atoms with Crippen LogP contribution in [0.4, 0.5) is 0 Å². The molecule has 1 aromatic carbocycles. The van der Waals surface area contributed by atoms with E-state index < -0.39 is 0 Å². The Morgan fingerprint density at radius 2 is 2.16 bits per heavy atom. The van der Waals surface area contributed by atoms with Gasteiger partial charge in [0.15, 0.2) is 0 Å². The van der Waals surface area contributed by atoms with Crippen LogP contribution in [0.25, 0.3) is 0 Å². The van der Waals surface area contributed by atoms with Crippen molar-refractivity contribution in [3.8, 4) is 5.75 Å². The van der Waals surface area contributed by atoms with Crippen LogP contribution in [0.1, 0.15) is 25.3 Å². The van der Waals surface area contributed by atoms with Crippen molar-refractivity contribution in [3.63, 3.8) is 0 Å². The predicted molar refractivity (Wildman–Crippen MR) is 73.3 cm³/mol. The van der Waals surface area contributed by atoms with Crippen LogP contribution in [0.5, 0.6) is 5.75 Å². The number of benzene rings is 1. The van der Waals surface area contributed by atoms with Gasteiger partial charge in [-0.3, -0.25) is 4.79 Å². The zero-order valence-corrected chi connectivity index (χ0v) is 11.5. The fourth-order valence-corrected chi connectivity index (χ4v) is 2.53. The molecule has 4 heteroatoms. The molecule has 0 spiro atoms. The van der Waals surface area contributed by atoms with Gasteiger partial charge in [-0.1, -0.05) is 12.1 Å². The quantitative estimate of drug-likeness (QED) is 0.825. The third-order valence-electron chi connectivity index (χ3n) is 3.40. The van der Waals surface area contributed by atoms with Crippen LogP contribution in [-0.4, -0.2) is 32.3 Å². The molecule has 1 aromatic rings. The number of rotatable bonds is 5. The first-order chi connectivity index (χ1) is 9.26. The number of nitrogens with one attached hydrogen (secondary N) is 1. The minimum Gasteiger partial charge on any atom is -0.494 e. The van der Waals surface area contributed by atoms with E-state index in [0.717, 1.165) is 17.9 Å². The Hall–Kier alpha value is -1.55. The lowest BCUT2D eigenvalue weighted by atomic mass is 9.89. The largest absolute Gasteiger partial charge is 0.494 e. The Kier molecular flexibility index (Phi) is 4.80. The maximum Gasteiger partial charge on any atom is 0.310 e. The second-order valence-corrected chi connectivity index (χ2v) is 4.63. The van der Waals surface area contributed by atoms with E-state index in [0.29, 0.717) is 19.8 Å². The molecule has 0 aromatic heterocycles. The Morgan fingerprint density at radius 1 is 1.32 bits per heavy atom. The summed E-state index contributed by atoms with van der Waals surface area (Å²) in [4.78, 5) is 11.9. The molecular weight excluding hydrogens is 242 g/mol. The highest BCUT2D eigenvalue weighted by Crippen LogP contribution is 2.31. The summed E-state index contributed by atoms with van der Waals surface area (Å²) in [5.74, 6) is 0.810. The third kappa shape index (κ3) is 3.26. The first-order valence-corrected chi connectivity index (χ1v) is 6.86. The van der Waals surface area contributed by atoms with Gasteiger partial charge < -0.3 is 14.8 Å². The first kappa shape index (κ1) is 13.9. The fraction of sp³-hybridized carbons (Fsp3) is 0.533. The molecule has 0 unspecified atom stereocenters. The second kappa shape index (κ2) is 6.57. The van der Waals surface area contributed by atoms with Crippen LogP contribution in [0.3, 0.4) is 0 Å². The van der Waals surface area contributed by atoms with Crippen molar-refractivity contribution < 1.29 is 14.3 Å². The van der Waals surface area contributed by atoms with Gasteiger partial charge in [0.1, 0.15) is 5.75 Å². The monoisotopic (exact) mass is 263 g/mol. The molecule has 0 saturated carbocycles. The first-order valence-electron chi connectivity index (χ1n) is 6.86. The van der Waals surface area contributed by atoms with Crippen LogP contribution in [0.15, 0.2) is 24.3 Å². The summed E-state index contributed by atoms with van der Waals surface area (Å²) in [5, 5.41) is 3.27. The van der Waals surface area contributed by atoms with Crippen molar-refractivity contribution in [1.29, 1.82) is 0 Å².